The van der Waals surface area contributed by atoms with E-state index in [0.717, 1.165) is 5.56 Å². The van der Waals surface area contributed by atoms with Crippen LogP contribution in [-0.4, -0.2) is 31.2 Å². The van der Waals surface area contributed by atoms with Gasteiger partial charge in [-0.2, -0.15) is 5.26 Å². The Hall–Kier alpha value is -2.68. The lowest BCUT2D eigenvalue weighted by Gasteiger charge is -2.08. The van der Waals surface area contributed by atoms with E-state index in [2.05, 4.69) is 0 Å². The molecule has 0 spiro atoms. The van der Waals surface area contributed by atoms with Gasteiger partial charge in [-0.3, -0.25) is 9.59 Å². The zero-order valence-electron chi connectivity index (χ0n) is 11.9. The highest BCUT2D eigenvalue weighted by Gasteiger charge is 2.21. The number of ketones is 1. The number of hydrogen-bond acceptors (Lipinski definition) is 6. The van der Waals surface area contributed by atoms with E-state index in [4.69, 9.17) is 20.1 Å². The van der Waals surface area contributed by atoms with Gasteiger partial charge in [0.1, 0.15) is 11.7 Å². The van der Waals surface area contributed by atoms with Crippen LogP contribution in [-0.2, 0) is 20.7 Å². The minimum Gasteiger partial charge on any atom is -0.497 e. The number of methoxy groups -OCH3 is 1. The molecule has 0 fully saturated rings. The second-order valence-electron chi connectivity index (χ2n) is 4.40. The van der Waals surface area contributed by atoms with Gasteiger partial charge >= 0.3 is 5.97 Å². The summed E-state index contributed by atoms with van der Waals surface area (Å²) < 4.78 is 9.83. The monoisotopic (exact) mass is 288 g/mol. The summed E-state index contributed by atoms with van der Waals surface area (Å²) in [5.74, 6) is -1.62. The summed E-state index contributed by atoms with van der Waals surface area (Å²) in [6.07, 6.45) is 0.0259. The van der Waals surface area contributed by atoms with Crippen LogP contribution in [0.15, 0.2) is 24.3 Å². The van der Waals surface area contributed by atoms with Crippen molar-refractivity contribution in [2.24, 2.45) is 5.92 Å². The van der Waals surface area contributed by atoms with Crippen LogP contribution in [0, 0.1) is 22.7 Å². The van der Waals surface area contributed by atoms with Gasteiger partial charge in [0.2, 0.25) is 0 Å². The fraction of sp³-hybridized carbons (Fsp3) is 0.333. The zero-order valence-corrected chi connectivity index (χ0v) is 11.9. The van der Waals surface area contributed by atoms with Crippen LogP contribution in [0.4, 0.5) is 0 Å². The molecule has 0 radical (unpaired) electrons. The minimum atomic E-state index is -1.15. The number of carbonyl (C=O) groups excluding carboxylic acids is 2. The molecule has 110 valence electrons. The predicted molar refractivity (Wildman–Crippen MR) is 75.2 cm³/mol. The summed E-state index contributed by atoms with van der Waals surface area (Å²) in [5, 5.41) is 16.0. The maximum atomic E-state index is 11.6. The molecular weight excluding hydrogens is 272 g/mol. The molecular formula is C15H16N2O4. The Labute approximate surface area is 122 Å². The van der Waals surface area contributed by atoms with E-state index in [1.54, 1.807) is 37.4 Å². The first-order valence-electron chi connectivity index (χ1n) is 6.24. The molecule has 6 heteroatoms. The molecule has 0 heterocycles. The number of esters is 1. The van der Waals surface area contributed by atoms with E-state index in [-0.39, 0.29) is 12.1 Å². The van der Waals surface area contributed by atoms with Crippen LogP contribution in [0.3, 0.4) is 0 Å². The molecule has 0 aromatic heterocycles. The van der Waals surface area contributed by atoms with Crippen molar-refractivity contribution in [3.05, 3.63) is 29.8 Å². The second-order valence-corrected chi connectivity index (χ2v) is 4.40. The van der Waals surface area contributed by atoms with E-state index in [1.807, 2.05) is 0 Å². The lowest BCUT2D eigenvalue weighted by Crippen LogP contribution is -2.26. The van der Waals surface area contributed by atoms with Gasteiger partial charge in [-0.05, 0) is 24.6 Å². The van der Waals surface area contributed by atoms with Crippen LogP contribution in [0.2, 0.25) is 0 Å². The maximum Gasteiger partial charge on any atom is 0.310 e. The Balaban J connectivity index is 2.49. The van der Waals surface area contributed by atoms with Crippen molar-refractivity contribution >= 4 is 17.5 Å². The largest absolute Gasteiger partial charge is 0.497 e. The van der Waals surface area contributed by atoms with Crippen molar-refractivity contribution in [2.75, 3.05) is 13.7 Å². The molecule has 1 atom stereocenters. The number of hydrogen-bond donors (Lipinski definition) is 1. The summed E-state index contributed by atoms with van der Waals surface area (Å²) in [6, 6.07) is 8.60. The summed E-state index contributed by atoms with van der Waals surface area (Å²) in [7, 11) is 1.55. The molecule has 6 nitrogen and oxygen atoms in total. The Kier molecular flexibility index (Phi) is 6.08. The first-order valence-corrected chi connectivity index (χ1v) is 6.24. The van der Waals surface area contributed by atoms with Gasteiger partial charge < -0.3 is 14.9 Å². The van der Waals surface area contributed by atoms with E-state index in [0.29, 0.717) is 5.75 Å². The van der Waals surface area contributed by atoms with Crippen molar-refractivity contribution < 1.29 is 19.1 Å². The summed E-state index contributed by atoms with van der Waals surface area (Å²) >= 11 is 0. The third-order valence-electron chi connectivity index (χ3n) is 2.77. The molecule has 0 aliphatic rings. The topological polar surface area (TPSA) is 100 Å². The Morgan fingerprint density at radius 2 is 1.95 bits per heavy atom. The highest BCUT2D eigenvalue weighted by Crippen LogP contribution is 2.12. The van der Waals surface area contributed by atoms with Crippen LogP contribution in [0.1, 0.15) is 12.5 Å². The number of nitrogens with zero attached hydrogens (tertiary/aromatic N) is 1. The number of nitriles is 1. The average molecular weight is 288 g/mol. The number of rotatable bonds is 7. The molecule has 0 saturated carbocycles. The molecule has 1 N–H and O–H groups in total. The quantitative estimate of drug-likeness (QED) is 0.605. The SMILES string of the molecule is COc1ccc(CC(=O)OCC(=O)C(C#N)C(C)=N)cc1. The van der Waals surface area contributed by atoms with E-state index < -0.39 is 24.3 Å². The van der Waals surface area contributed by atoms with E-state index in [9.17, 15) is 9.59 Å². The molecule has 0 bridgehead atoms. The van der Waals surface area contributed by atoms with Gasteiger partial charge in [0.05, 0.1) is 19.6 Å². The van der Waals surface area contributed by atoms with Crippen LogP contribution >= 0.6 is 0 Å². The normalized spacial score (nSPS) is 11.1. The maximum absolute atomic E-state index is 11.6. The number of nitrogens with one attached hydrogen (secondary N) is 1. The fourth-order valence-electron chi connectivity index (χ4n) is 1.61. The standard InChI is InChI=1S/C15H16N2O4/c1-10(17)13(8-16)14(18)9-21-15(19)7-11-3-5-12(20-2)6-4-11/h3-6,13,17H,7,9H2,1-2H3. The second kappa shape index (κ2) is 7.80. The third kappa shape index (κ3) is 5.07. The number of benzene rings is 1. The minimum absolute atomic E-state index is 0.0259. The van der Waals surface area contributed by atoms with Crippen molar-refractivity contribution in [3.8, 4) is 11.8 Å². The number of carbonyl (C=O) groups is 2. The van der Waals surface area contributed by atoms with Crippen molar-refractivity contribution in [2.45, 2.75) is 13.3 Å². The van der Waals surface area contributed by atoms with Gasteiger partial charge in [-0.15, -0.1) is 0 Å². The Morgan fingerprint density at radius 3 is 2.43 bits per heavy atom. The highest BCUT2D eigenvalue weighted by atomic mass is 16.5. The van der Waals surface area contributed by atoms with Crippen molar-refractivity contribution in [1.29, 1.82) is 10.7 Å². The van der Waals surface area contributed by atoms with Gasteiger partial charge in [0, 0.05) is 5.71 Å². The smallest absolute Gasteiger partial charge is 0.310 e. The molecule has 0 saturated heterocycles. The lowest BCUT2D eigenvalue weighted by atomic mass is 10.0. The van der Waals surface area contributed by atoms with Crippen molar-refractivity contribution in [1.82, 2.24) is 0 Å². The molecule has 0 aliphatic heterocycles. The van der Waals surface area contributed by atoms with Crippen molar-refractivity contribution in [3.63, 3.8) is 0 Å². The fourth-order valence-corrected chi connectivity index (χ4v) is 1.61. The number of ether oxygens (including phenoxy) is 2. The summed E-state index contributed by atoms with van der Waals surface area (Å²) in [6.45, 7) is 0.869. The van der Waals surface area contributed by atoms with Crippen LogP contribution in [0.25, 0.3) is 0 Å². The molecule has 21 heavy (non-hydrogen) atoms. The van der Waals surface area contributed by atoms with E-state index >= 15 is 0 Å². The summed E-state index contributed by atoms with van der Waals surface area (Å²) in [4.78, 5) is 23.2. The molecule has 1 aromatic rings. The Bertz CT molecular complexity index is 572. The Morgan fingerprint density at radius 1 is 1.33 bits per heavy atom. The van der Waals surface area contributed by atoms with Gasteiger partial charge in [0.25, 0.3) is 0 Å². The zero-order chi connectivity index (χ0) is 15.8. The van der Waals surface area contributed by atoms with Crippen LogP contribution in [0.5, 0.6) is 5.75 Å². The molecule has 1 unspecified atom stereocenters. The average Bonchev–Trinajstić information content (AvgIpc) is 2.46. The molecule has 1 aromatic carbocycles. The first kappa shape index (κ1) is 16.4. The highest BCUT2D eigenvalue weighted by molar-refractivity contribution is 6.06. The number of Topliss-reactive ketones (excluding diaryl/α,β-unsaturated/α-hetero) is 1. The van der Waals surface area contributed by atoms with Crippen LogP contribution < -0.4 is 4.74 Å². The predicted octanol–water partition coefficient (Wildman–Crippen LogP) is 1.53. The first-order chi connectivity index (χ1) is 9.97. The molecule has 0 aliphatic carbocycles. The summed E-state index contributed by atoms with van der Waals surface area (Å²) in [5.41, 5.74) is 0.669. The molecule has 0 amide bonds. The van der Waals surface area contributed by atoms with E-state index in [1.165, 1.54) is 6.92 Å². The van der Waals surface area contributed by atoms with Gasteiger partial charge in [0.15, 0.2) is 12.4 Å². The molecule has 1 rings (SSSR count). The lowest BCUT2D eigenvalue weighted by molar-refractivity contribution is -0.147. The van der Waals surface area contributed by atoms with Gasteiger partial charge in [-0.25, -0.2) is 0 Å². The van der Waals surface area contributed by atoms with Gasteiger partial charge in [-0.1, -0.05) is 12.1 Å². The third-order valence-corrected chi connectivity index (χ3v) is 2.77.